The molecule has 0 atom stereocenters. The second kappa shape index (κ2) is 5.34. The minimum Gasteiger partial charge on any atom is -0.457 e. The molecular weight excluding hydrogens is 274 g/mol. The van der Waals surface area contributed by atoms with Gasteiger partial charge in [-0.2, -0.15) is 0 Å². The molecule has 1 aromatic heterocycles. The van der Waals surface area contributed by atoms with E-state index in [-0.39, 0.29) is 5.43 Å². The number of pyridine rings is 1. The number of aromatic nitrogens is 1. The van der Waals surface area contributed by atoms with E-state index >= 15 is 0 Å². The van der Waals surface area contributed by atoms with Crippen LogP contribution in [0.1, 0.15) is 24.1 Å². The van der Waals surface area contributed by atoms with E-state index in [0.717, 1.165) is 48.2 Å². The predicted molar refractivity (Wildman–Crippen MR) is 87.7 cm³/mol. The summed E-state index contributed by atoms with van der Waals surface area (Å²) in [5.41, 5.74) is 3.11. The van der Waals surface area contributed by atoms with E-state index < -0.39 is 0 Å². The summed E-state index contributed by atoms with van der Waals surface area (Å²) in [5.74, 6) is 1.47. The quantitative estimate of drug-likeness (QED) is 0.769. The Morgan fingerprint density at radius 3 is 2.59 bits per heavy atom. The third-order valence-corrected chi connectivity index (χ3v) is 4.24. The largest absolute Gasteiger partial charge is 0.457 e. The van der Waals surface area contributed by atoms with E-state index in [1.807, 2.05) is 48.5 Å². The molecule has 0 unspecified atom stereocenters. The molecule has 1 aliphatic carbocycles. The summed E-state index contributed by atoms with van der Waals surface area (Å²) in [6.45, 7) is 0. The molecule has 0 saturated carbocycles. The van der Waals surface area contributed by atoms with Crippen LogP contribution in [0.3, 0.4) is 0 Å². The molecule has 0 saturated heterocycles. The maximum atomic E-state index is 12.7. The number of fused-ring (bicyclic) bond motifs is 2. The zero-order valence-electron chi connectivity index (χ0n) is 12.3. The number of H-pyrrole nitrogens is 1. The fourth-order valence-corrected chi connectivity index (χ4v) is 3.13. The average molecular weight is 291 g/mol. The molecule has 0 spiro atoms. The van der Waals surface area contributed by atoms with E-state index in [1.165, 1.54) is 0 Å². The SMILES string of the molecule is O=c1c2c([nH]c3ccc(Oc4ccccc4)cc13)CCCC2. The van der Waals surface area contributed by atoms with Gasteiger partial charge in [0.1, 0.15) is 11.5 Å². The molecule has 0 radical (unpaired) electrons. The number of benzene rings is 2. The van der Waals surface area contributed by atoms with Crippen molar-refractivity contribution >= 4 is 10.9 Å². The van der Waals surface area contributed by atoms with Gasteiger partial charge in [-0.25, -0.2) is 0 Å². The zero-order valence-corrected chi connectivity index (χ0v) is 12.3. The lowest BCUT2D eigenvalue weighted by atomic mass is 9.94. The smallest absolute Gasteiger partial charge is 0.192 e. The first kappa shape index (κ1) is 13.1. The average Bonchev–Trinajstić information content (AvgIpc) is 2.57. The van der Waals surface area contributed by atoms with Crippen LogP contribution in [-0.4, -0.2) is 4.98 Å². The number of rotatable bonds is 2. The monoisotopic (exact) mass is 291 g/mol. The molecular formula is C19H17NO2. The van der Waals surface area contributed by atoms with Gasteiger partial charge in [-0.1, -0.05) is 18.2 Å². The van der Waals surface area contributed by atoms with Crippen molar-refractivity contribution in [3.63, 3.8) is 0 Å². The van der Waals surface area contributed by atoms with Gasteiger partial charge in [0, 0.05) is 22.2 Å². The molecule has 3 nitrogen and oxygen atoms in total. The second-order valence-corrected chi connectivity index (χ2v) is 5.74. The third-order valence-electron chi connectivity index (χ3n) is 4.24. The Bertz CT molecular complexity index is 881. The molecule has 3 aromatic rings. The highest BCUT2D eigenvalue weighted by molar-refractivity contribution is 5.81. The molecule has 0 aliphatic heterocycles. The van der Waals surface area contributed by atoms with E-state index in [1.54, 1.807) is 0 Å². The molecule has 0 bridgehead atoms. The molecule has 22 heavy (non-hydrogen) atoms. The topological polar surface area (TPSA) is 42.1 Å². The zero-order chi connectivity index (χ0) is 14.9. The summed E-state index contributed by atoms with van der Waals surface area (Å²) in [6.07, 6.45) is 4.11. The molecule has 3 heteroatoms. The standard InChI is InChI=1S/C19H17NO2/c21-19-15-8-4-5-9-17(15)20-18-11-10-14(12-16(18)19)22-13-6-2-1-3-7-13/h1-3,6-7,10-12H,4-5,8-9H2,(H,20,21). The van der Waals surface area contributed by atoms with Crippen molar-refractivity contribution < 1.29 is 4.74 Å². The highest BCUT2D eigenvalue weighted by Gasteiger charge is 2.15. The number of aromatic amines is 1. The first-order valence-corrected chi connectivity index (χ1v) is 7.72. The van der Waals surface area contributed by atoms with Gasteiger partial charge in [-0.15, -0.1) is 0 Å². The highest BCUT2D eigenvalue weighted by atomic mass is 16.5. The molecule has 2 aromatic carbocycles. The predicted octanol–water partition coefficient (Wildman–Crippen LogP) is 4.20. The Morgan fingerprint density at radius 2 is 1.73 bits per heavy atom. The summed E-state index contributed by atoms with van der Waals surface area (Å²) in [5, 5.41) is 0.717. The van der Waals surface area contributed by atoms with Crippen LogP contribution in [-0.2, 0) is 12.8 Å². The Hall–Kier alpha value is -2.55. The van der Waals surface area contributed by atoms with Crippen LogP contribution >= 0.6 is 0 Å². The van der Waals surface area contributed by atoms with Crippen LogP contribution < -0.4 is 10.2 Å². The van der Waals surface area contributed by atoms with Crippen LogP contribution in [0, 0.1) is 0 Å². The minimum absolute atomic E-state index is 0.155. The van der Waals surface area contributed by atoms with Crippen LogP contribution in [0.4, 0.5) is 0 Å². The maximum absolute atomic E-state index is 12.7. The van der Waals surface area contributed by atoms with Gasteiger partial charge in [-0.3, -0.25) is 4.79 Å². The van der Waals surface area contributed by atoms with Crippen LogP contribution in [0.2, 0.25) is 0 Å². The fraction of sp³-hybridized carbons (Fsp3) is 0.211. The van der Waals surface area contributed by atoms with Crippen molar-refractivity contribution in [1.29, 1.82) is 0 Å². The third kappa shape index (κ3) is 2.29. The van der Waals surface area contributed by atoms with Crippen LogP contribution in [0.15, 0.2) is 53.3 Å². The summed E-state index contributed by atoms with van der Waals surface area (Å²) >= 11 is 0. The van der Waals surface area contributed by atoms with Crippen molar-refractivity contribution in [1.82, 2.24) is 4.98 Å². The van der Waals surface area contributed by atoms with E-state index in [0.29, 0.717) is 11.1 Å². The number of hydrogen-bond donors (Lipinski definition) is 1. The molecule has 1 N–H and O–H groups in total. The summed E-state index contributed by atoms with van der Waals surface area (Å²) < 4.78 is 5.83. The van der Waals surface area contributed by atoms with Gasteiger partial charge < -0.3 is 9.72 Å². The lowest BCUT2D eigenvalue weighted by molar-refractivity contribution is 0.483. The molecule has 0 fully saturated rings. The highest BCUT2D eigenvalue weighted by Crippen LogP contribution is 2.25. The molecule has 0 amide bonds. The van der Waals surface area contributed by atoms with Crippen molar-refractivity contribution in [2.75, 3.05) is 0 Å². The Morgan fingerprint density at radius 1 is 0.909 bits per heavy atom. The molecule has 4 rings (SSSR count). The van der Waals surface area contributed by atoms with Crippen molar-refractivity contribution in [3.05, 3.63) is 70.0 Å². The first-order chi connectivity index (χ1) is 10.8. The minimum atomic E-state index is 0.155. The molecule has 110 valence electrons. The fourth-order valence-electron chi connectivity index (χ4n) is 3.13. The lowest BCUT2D eigenvalue weighted by Gasteiger charge is -2.16. The Labute approximate surface area is 128 Å². The van der Waals surface area contributed by atoms with Gasteiger partial charge in [0.15, 0.2) is 5.43 Å². The normalized spacial score (nSPS) is 13.8. The van der Waals surface area contributed by atoms with Gasteiger partial charge in [0.05, 0.1) is 0 Å². The summed E-state index contributed by atoms with van der Waals surface area (Å²) in [6, 6.07) is 15.3. The van der Waals surface area contributed by atoms with Crippen LogP contribution in [0.5, 0.6) is 11.5 Å². The van der Waals surface area contributed by atoms with Crippen molar-refractivity contribution in [2.45, 2.75) is 25.7 Å². The van der Waals surface area contributed by atoms with Gasteiger partial charge in [-0.05, 0) is 56.0 Å². The number of hydrogen-bond acceptors (Lipinski definition) is 2. The maximum Gasteiger partial charge on any atom is 0.192 e. The lowest BCUT2D eigenvalue weighted by Crippen LogP contribution is -2.18. The number of ether oxygens (including phenoxy) is 1. The second-order valence-electron chi connectivity index (χ2n) is 5.74. The van der Waals surface area contributed by atoms with Crippen LogP contribution in [0.25, 0.3) is 10.9 Å². The first-order valence-electron chi connectivity index (χ1n) is 7.72. The molecule has 1 heterocycles. The van der Waals surface area contributed by atoms with Gasteiger partial charge in [0.2, 0.25) is 0 Å². The number of nitrogens with one attached hydrogen (secondary N) is 1. The van der Waals surface area contributed by atoms with Gasteiger partial charge >= 0.3 is 0 Å². The molecule has 1 aliphatic rings. The van der Waals surface area contributed by atoms with Crippen molar-refractivity contribution in [3.8, 4) is 11.5 Å². The Balaban J connectivity index is 1.80. The number of aryl methyl sites for hydroxylation is 1. The summed E-state index contributed by atoms with van der Waals surface area (Å²) in [4.78, 5) is 16.1. The van der Waals surface area contributed by atoms with E-state index in [9.17, 15) is 4.79 Å². The van der Waals surface area contributed by atoms with Crippen molar-refractivity contribution in [2.24, 2.45) is 0 Å². The summed E-state index contributed by atoms with van der Waals surface area (Å²) in [7, 11) is 0. The van der Waals surface area contributed by atoms with Gasteiger partial charge in [0.25, 0.3) is 0 Å². The van der Waals surface area contributed by atoms with E-state index in [2.05, 4.69) is 4.98 Å². The number of para-hydroxylation sites is 1. The Kier molecular flexibility index (Phi) is 3.19. The van der Waals surface area contributed by atoms with E-state index in [4.69, 9.17) is 4.74 Å².